The highest BCUT2D eigenvalue weighted by molar-refractivity contribution is 5.22. The van der Waals surface area contributed by atoms with Gasteiger partial charge in [-0.25, -0.2) is 4.39 Å². The molecule has 0 aliphatic carbocycles. The van der Waals surface area contributed by atoms with Crippen molar-refractivity contribution >= 4 is 0 Å². The van der Waals surface area contributed by atoms with Crippen LogP contribution >= 0.6 is 0 Å². The van der Waals surface area contributed by atoms with E-state index in [0.717, 1.165) is 0 Å². The van der Waals surface area contributed by atoms with Gasteiger partial charge in [-0.1, -0.05) is 6.07 Å². The third-order valence-electron chi connectivity index (χ3n) is 1.32. The Hall–Kier alpha value is -1.09. The molecule has 0 saturated carbocycles. The molecule has 0 heterocycles. The molecule has 0 bridgehead atoms. The smallest absolute Gasteiger partial charge is 0.165 e. The molecule has 0 saturated heterocycles. The van der Waals surface area contributed by atoms with Gasteiger partial charge in [-0.2, -0.15) is 0 Å². The molecule has 65 valence electrons. The van der Waals surface area contributed by atoms with E-state index in [-0.39, 0.29) is 11.6 Å². The van der Waals surface area contributed by atoms with Crippen molar-refractivity contribution in [3.05, 3.63) is 30.1 Å². The van der Waals surface area contributed by atoms with E-state index in [9.17, 15) is 4.39 Å². The fraction of sp³-hybridized carbons (Fsp3) is 0.333. The van der Waals surface area contributed by atoms with Crippen LogP contribution in [0.3, 0.4) is 0 Å². The minimum absolute atomic E-state index is 0.217. The standard InChI is InChI=1S/C9H10FO2/c1-11-6-7-12-9-5-3-2-4-8(9)10/h2,4-5H,6-7H2,1H3. The molecule has 0 fully saturated rings. The largest absolute Gasteiger partial charge is 0.488 e. The Morgan fingerprint density at radius 2 is 2.33 bits per heavy atom. The van der Waals surface area contributed by atoms with Gasteiger partial charge in [0.1, 0.15) is 6.61 Å². The topological polar surface area (TPSA) is 18.5 Å². The van der Waals surface area contributed by atoms with Crippen LogP contribution in [0.1, 0.15) is 0 Å². The van der Waals surface area contributed by atoms with Gasteiger partial charge >= 0.3 is 0 Å². The maximum Gasteiger partial charge on any atom is 0.165 e. The average molecular weight is 169 g/mol. The molecule has 0 aliphatic heterocycles. The molecule has 0 N–H and O–H groups in total. The van der Waals surface area contributed by atoms with Crippen LogP contribution in [0.5, 0.6) is 5.75 Å². The van der Waals surface area contributed by atoms with Crippen LogP contribution in [-0.4, -0.2) is 20.3 Å². The molecule has 1 aromatic rings. The Bertz CT molecular complexity index is 238. The summed E-state index contributed by atoms with van der Waals surface area (Å²) < 4.78 is 22.6. The Kier molecular flexibility index (Phi) is 3.54. The van der Waals surface area contributed by atoms with Crippen LogP contribution in [0.2, 0.25) is 0 Å². The second-order valence-electron chi connectivity index (χ2n) is 2.20. The first-order valence-corrected chi connectivity index (χ1v) is 3.62. The lowest BCUT2D eigenvalue weighted by Crippen LogP contribution is -2.05. The number of methoxy groups -OCH3 is 1. The summed E-state index contributed by atoms with van der Waals surface area (Å²) in [5.41, 5.74) is 0. The summed E-state index contributed by atoms with van der Waals surface area (Å²) in [5.74, 6) is -0.153. The van der Waals surface area contributed by atoms with Gasteiger partial charge < -0.3 is 9.47 Å². The molecule has 1 radical (unpaired) electrons. The van der Waals surface area contributed by atoms with Crippen LogP contribution in [0.15, 0.2) is 18.2 Å². The van der Waals surface area contributed by atoms with E-state index in [1.54, 1.807) is 7.11 Å². The van der Waals surface area contributed by atoms with Crippen LogP contribution in [0.4, 0.5) is 4.39 Å². The van der Waals surface area contributed by atoms with E-state index in [2.05, 4.69) is 6.07 Å². The predicted molar refractivity (Wildman–Crippen MR) is 42.6 cm³/mol. The Labute approximate surface area is 70.9 Å². The quantitative estimate of drug-likeness (QED) is 0.638. The summed E-state index contributed by atoms with van der Waals surface area (Å²) in [6, 6.07) is 6.99. The summed E-state index contributed by atoms with van der Waals surface area (Å²) in [4.78, 5) is 0. The monoisotopic (exact) mass is 169 g/mol. The van der Waals surface area contributed by atoms with Gasteiger partial charge in [0.15, 0.2) is 11.6 Å². The van der Waals surface area contributed by atoms with Crippen LogP contribution in [0, 0.1) is 11.9 Å². The molecule has 0 aromatic heterocycles. The van der Waals surface area contributed by atoms with E-state index < -0.39 is 0 Å². The lowest BCUT2D eigenvalue weighted by atomic mass is 10.3. The summed E-state index contributed by atoms with van der Waals surface area (Å²) in [5, 5.41) is 0. The van der Waals surface area contributed by atoms with E-state index in [1.807, 2.05) is 0 Å². The molecule has 2 nitrogen and oxygen atoms in total. The molecule has 0 unspecified atom stereocenters. The van der Waals surface area contributed by atoms with E-state index in [1.165, 1.54) is 18.2 Å². The first kappa shape index (κ1) is 9.00. The summed E-state index contributed by atoms with van der Waals surface area (Å²) >= 11 is 0. The van der Waals surface area contributed by atoms with Gasteiger partial charge in [0, 0.05) is 7.11 Å². The second kappa shape index (κ2) is 4.72. The zero-order valence-electron chi connectivity index (χ0n) is 6.84. The van der Waals surface area contributed by atoms with Gasteiger partial charge in [0.05, 0.1) is 6.61 Å². The normalized spacial score (nSPS) is 9.83. The number of hydrogen-bond acceptors (Lipinski definition) is 2. The lowest BCUT2D eigenvalue weighted by Gasteiger charge is -2.04. The molecular formula is C9H10FO2. The highest BCUT2D eigenvalue weighted by Gasteiger charge is 1.99. The molecule has 3 heteroatoms. The van der Waals surface area contributed by atoms with Crippen LogP contribution in [0.25, 0.3) is 0 Å². The fourth-order valence-electron chi connectivity index (χ4n) is 0.742. The summed E-state index contributed by atoms with van der Waals surface area (Å²) in [7, 11) is 1.57. The summed E-state index contributed by atoms with van der Waals surface area (Å²) in [6.45, 7) is 0.805. The highest BCUT2D eigenvalue weighted by atomic mass is 19.1. The highest BCUT2D eigenvalue weighted by Crippen LogP contribution is 2.14. The van der Waals surface area contributed by atoms with Gasteiger partial charge in [-0.15, -0.1) is 0 Å². The Morgan fingerprint density at radius 3 is 3.00 bits per heavy atom. The minimum atomic E-state index is -0.371. The van der Waals surface area contributed by atoms with Crippen molar-refractivity contribution in [2.45, 2.75) is 0 Å². The van der Waals surface area contributed by atoms with Crippen molar-refractivity contribution in [1.29, 1.82) is 0 Å². The first-order chi connectivity index (χ1) is 5.84. The van der Waals surface area contributed by atoms with Gasteiger partial charge in [0.25, 0.3) is 0 Å². The molecule has 0 aliphatic rings. The van der Waals surface area contributed by atoms with Crippen molar-refractivity contribution < 1.29 is 13.9 Å². The SMILES string of the molecule is COCCOc1c[c]ccc1F. The van der Waals surface area contributed by atoms with Crippen molar-refractivity contribution in [3.63, 3.8) is 0 Å². The number of ether oxygens (including phenoxy) is 2. The van der Waals surface area contributed by atoms with Gasteiger partial charge in [-0.3, -0.25) is 0 Å². The first-order valence-electron chi connectivity index (χ1n) is 3.62. The summed E-state index contributed by atoms with van der Waals surface area (Å²) in [6.07, 6.45) is 0. The molecule has 0 amide bonds. The van der Waals surface area contributed by atoms with Crippen LogP contribution in [-0.2, 0) is 4.74 Å². The number of hydrogen-bond donors (Lipinski definition) is 0. The van der Waals surface area contributed by atoms with Gasteiger partial charge in [0.2, 0.25) is 0 Å². The van der Waals surface area contributed by atoms with Crippen molar-refractivity contribution in [3.8, 4) is 5.75 Å². The molecule has 0 spiro atoms. The van der Waals surface area contributed by atoms with Crippen molar-refractivity contribution in [2.24, 2.45) is 0 Å². The second-order valence-corrected chi connectivity index (χ2v) is 2.20. The number of benzene rings is 1. The van der Waals surface area contributed by atoms with Crippen molar-refractivity contribution in [1.82, 2.24) is 0 Å². The van der Waals surface area contributed by atoms with E-state index in [4.69, 9.17) is 9.47 Å². The number of rotatable bonds is 4. The van der Waals surface area contributed by atoms with Gasteiger partial charge in [-0.05, 0) is 18.2 Å². The maximum atomic E-state index is 12.8. The third-order valence-corrected chi connectivity index (χ3v) is 1.32. The predicted octanol–water partition coefficient (Wildman–Crippen LogP) is 1.65. The lowest BCUT2D eigenvalue weighted by molar-refractivity contribution is 0.144. The van der Waals surface area contributed by atoms with Crippen molar-refractivity contribution in [2.75, 3.05) is 20.3 Å². The fourth-order valence-corrected chi connectivity index (χ4v) is 0.742. The van der Waals surface area contributed by atoms with E-state index in [0.29, 0.717) is 13.2 Å². The minimum Gasteiger partial charge on any atom is -0.488 e. The molecular weight excluding hydrogens is 159 g/mol. The van der Waals surface area contributed by atoms with Crippen LogP contribution < -0.4 is 4.74 Å². The zero-order valence-corrected chi connectivity index (χ0v) is 6.84. The Morgan fingerprint density at radius 1 is 1.50 bits per heavy atom. The molecule has 1 rings (SSSR count). The zero-order chi connectivity index (χ0) is 8.81. The molecule has 1 aromatic carbocycles. The third kappa shape index (κ3) is 2.51. The Balaban J connectivity index is 2.46. The molecule has 0 atom stereocenters. The maximum absolute atomic E-state index is 12.8. The molecule has 12 heavy (non-hydrogen) atoms. The number of halogens is 1. The van der Waals surface area contributed by atoms with E-state index >= 15 is 0 Å². The average Bonchev–Trinajstić information content (AvgIpc) is 2.09.